The van der Waals surface area contributed by atoms with Gasteiger partial charge in [-0.2, -0.15) is 0 Å². The summed E-state index contributed by atoms with van der Waals surface area (Å²) in [5.74, 6) is -2.53. The van der Waals surface area contributed by atoms with Crippen molar-refractivity contribution < 1.29 is 37.0 Å². The van der Waals surface area contributed by atoms with Crippen LogP contribution in [0.15, 0.2) is 53.4 Å². The molecule has 3 rings (SSSR count). The highest BCUT2D eigenvalue weighted by atomic mass is 32.2. The van der Waals surface area contributed by atoms with Gasteiger partial charge in [-0.25, -0.2) is 9.29 Å². The van der Waals surface area contributed by atoms with Crippen LogP contribution in [0.3, 0.4) is 0 Å². The Morgan fingerprint density at radius 3 is 2.34 bits per heavy atom. The monoisotopic (exact) mass is 427 g/mol. The molecule has 1 aliphatic rings. The lowest BCUT2D eigenvalue weighted by Gasteiger charge is -2.17. The Bertz CT molecular complexity index is 973. The smallest absolute Gasteiger partial charge is 0.406 e. The molecule has 0 fully saturated rings. The van der Waals surface area contributed by atoms with Gasteiger partial charge in [-0.1, -0.05) is 18.2 Å². The number of thioether (sulfide) groups is 1. The van der Waals surface area contributed by atoms with Gasteiger partial charge in [-0.3, -0.25) is 9.59 Å². The number of halogens is 4. The zero-order valence-electron chi connectivity index (χ0n) is 14.6. The van der Waals surface area contributed by atoms with E-state index in [0.717, 1.165) is 40.9 Å². The van der Waals surface area contributed by atoms with E-state index in [-0.39, 0.29) is 34.1 Å². The Kier molecular flexibility index (Phi) is 5.94. The molecule has 0 spiro atoms. The minimum absolute atomic E-state index is 0.0119. The van der Waals surface area contributed by atoms with Crippen molar-refractivity contribution in [1.29, 1.82) is 0 Å². The molecule has 0 radical (unpaired) electrons. The largest absolute Gasteiger partial charge is 0.573 e. The van der Waals surface area contributed by atoms with E-state index in [4.69, 9.17) is 5.11 Å². The molecule has 2 amide bonds. The first-order valence-corrected chi connectivity index (χ1v) is 9.18. The second-order valence-electron chi connectivity index (χ2n) is 5.77. The van der Waals surface area contributed by atoms with Gasteiger partial charge in [-0.15, -0.1) is 24.9 Å². The Balaban J connectivity index is 2.01. The van der Waals surface area contributed by atoms with Crippen molar-refractivity contribution in [3.8, 4) is 5.75 Å². The van der Waals surface area contributed by atoms with E-state index in [1.807, 2.05) is 0 Å². The fraction of sp³-hybridized carbons (Fsp3) is 0.158. The Morgan fingerprint density at radius 1 is 1.03 bits per heavy atom. The minimum Gasteiger partial charge on any atom is -0.406 e. The molecule has 0 bridgehead atoms. The highest BCUT2D eigenvalue weighted by molar-refractivity contribution is 8.04. The quantitative estimate of drug-likeness (QED) is 0.562. The number of aliphatic hydroxyl groups is 1. The summed E-state index contributed by atoms with van der Waals surface area (Å²) in [5.41, 5.74) is 0.145. The topological polar surface area (TPSA) is 66.8 Å². The Labute approximate surface area is 166 Å². The average molecular weight is 427 g/mol. The van der Waals surface area contributed by atoms with Crippen LogP contribution in [0.5, 0.6) is 5.75 Å². The van der Waals surface area contributed by atoms with E-state index >= 15 is 0 Å². The van der Waals surface area contributed by atoms with Crippen LogP contribution in [-0.2, 0) is 9.59 Å². The Morgan fingerprint density at radius 2 is 1.72 bits per heavy atom. The van der Waals surface area contributed by atoms with Gasteiger partial charge in [0.1, 0.15) is 11.6 Å². The molecule has 1 aliphatic heterocycles. The summed E-state index contributed by atoms with van der Waals surface area (Å²) in [6, 6.07) is 9.35. The molecule has 5 nitrogen and oxygen atoms in total. The highest BCUT2D eigenvalue weighted by Gasteiger charge is 2.40. The average Bonchev–Trinajstić information content (AvgIpc) is 2.89. The predicted molar refractivity (Wildman–Crippen MR) is 98.5 cm³/mol. The number of ether oxygens (including phenoxy) is 1. The zero-order valence-corrected chi connectivity index (χ0v) is 15.4. The number of amides is 2. The van der Waals surface area contributed by atoms with Gasteiger partial charge in [0.25, 0.3) is 11.8 Å². The first kappa shape index (κ1) is 20.9. The third-order valence-corrected chi connectivity index (χ3v) is 4.88. The normalized spacial score (nSPS) is 14.7. The van der Waals surface area contributed by atoms with Gasteiger partial charge >= 0.3 is 6.36 Å². The van der Waals surface area contributed by atoms with Crippen molar-refractivity contribution in [2.24, 2.45) is 0 Å². The maximum atomic E-state index is 13.2. The number of hydrogen-bond donors (Lipinski definition) is 1. The number of carbonyl (C=O) groups excluding carboxylic acids is 2. The molecule has 1 N–H and O–H groups in total. The number of nitrogens with zero attached hydrogens (tertiary/aromatic N) is 1. The lowest BCUT2D eigenvalue weighted by Crippen LogP contribution is -2.31. The van der Waals surface area contributed by atoms with Crippen molar-refractivity contribution in [2.75, 3.05) is 17.3 Å². The van der Waals surface area contributed by atoms with Gasteiger partial charge < -0.3 is 9.84 Å². The number of anilines is 1. The predicted octanol–water partition coefficient (Wildman–Crippen LogP) is 3.73. The van der Waals surface area contributed by atoms with Crippen LogP contribution in [-0.4, -0.2) is 35.6 Å². The van der Waals surface area contributed by atoms with Crippen LogP contribution >= 0.6 is 11.8 Å². The van der Waals surface area contributed by atoms with E-state index in [1.54, 1.807) is 0 Å². The van der Waals surface area contributed by atoms with Gasteiger partial charge in [0.2, 0.25) is 0 Å². The van der Waals surface area contributed by atoms with Crippen molar-refractivity contribution in [1.82, 2.24) is 0 Å². The molecular formula is C19H13F4NO4S. The molecule has 0 aromatic heterocycles. The lowest BCUT2D eigenvalue weighted by molar-refractivity contribution is -0.274. The number of carbonyl (C=O) groups is 2. The van der Waals surface area contributed by atoms with Gasteiger partial charge in [0.15, 0.2) is 0 Å². The minimum atomic E-state index is -4.93. The molecule has 0 atom stereocenters. The molecule has 2 aromatic carbocycles. The summed E-state index contributed by atoms with van der Waals surface area (Å²) in [5, 5.41) is 9.07. The number of aliphatic hydroxyl groups excluding tert-OH is 1. The summed E-state index contributed by atoms with van der Waals surface area (Å²) in [6.45, 7) is -0.263. The molecule has 2 aromatic rings. The second-order valence-corrected chi connectivity index (χ2v) is 6.88. The standard InChI is InChI=1S/C19H13F4NO4S/c20-12-6-4-11(5-7-12)15-16(29-9-8-25)18(27)24(17(15)26)13-2-1-3-14(10-13)28-19(21,22)23/h1-7,10,25H,8-9H2. The van der Waals surface area contributed by atoms with Crippen LogP contribution in [0.25, 0.3) is 5.57 Å². The second kappa shape index (κ2) is 8.26. The maximum absolute atomic E-state index is 13.2. The molecule has 152 valence electrons. The van der Waals surface area contributed by atoms with Crippen LogP contribution in [0.1, 0.15) is 5.56 Å². The molecule has 0 aliphatic carbocycles. The first-order valence-electron chi connectivity index (χ1n) is 8.20. The fourth-order valence-corrected chi connectivity index (χ4v) is 3.58. The summed E-state index contributed by atoms with van der Waals surface area (Å²) in [4.78, 5) is 26.6. The number of imide groups is 1. The van der Waals surface area contributed by atoms with E-state index in [9.17, 15) is 27.2 Å². The Hall–Kier alpha value is -2.85. The summed E-state index contributed by atoms with van der Waals surface area (Å²) in [7, 11) is 0. The van der Waals surface area contributed by atoms with Crippen molar-refractivity contribution >= 4 is 34.8 Å². The molecule has 0 saturated carbocycles. The van der Waals surface area contributed by atoms with Crippen molar-refractivity contribution in [3.63, 3.8) is 0 Å². The highest BCUT2D eigenvalue weighted by Crippen LogP contribution is 2.39. The summed E-state index contributed by atoms with van der Waals surface area (Å²) in [6.07, 6.45) is -4.93. The van der Waals surface area contributed by atoms with Crippen LogP contribution < -0.4 is 9.64 Å². The number of alkyl halides is 3. The maximum Gasteiger partial charge on any atom is 0.573 e. The first-order chi connectivity index (χ1) is 13.7. The van der Waals surface area contributed by atoms with Crippen LogP contribution in [0, 0.1) is 5.82 Å². The molecule has 0 unspecified atom stereocenters. The van der Waals surface area contributed by atoms with E-state index in [1.165, 1.54) is 24.3 Å². The molecular weight excluding hydrogens is 414 g/mol. The van der Waals surface area contributed by atoms with E-state index in [2.05, 4.69) is 4.74 Å². The van der Waals surface area contributed by atoms with E-state index in [0.29, 0.717) is 0 Å². The summed E-state index contributed by atoms with van der Waals surface area (Å²) < 4.78 is 54.5. The fourth-order valence-electron chi connectivity index (χ4n) is 2.72. The lowest BCUT2D eigenvalue weighted by atomic mass is 10.1. The van der Waals surface area contributed by atoms with Gasteiger partial charge in [-0.05, 0) is 29.8 Å². The number of rotatable bonds is 6. The summed E-state index contributed by atoms with van der Waals surface area (Å²) >= 11 is 0.928. The SMILES string of the molecule is O=C1C(SCCO)=C(c2ccc(F)cc2)C(=O)N1c1cccc(OC(F)(F)F)c1. The number of benzene rings is 2. The van der Waals surface area contributed by atoms with Crippen molar-refractivity contribution in [2.45, 2.75) is 6.36 Å². The van der Waals surface area contributed by atoms with Crippen LogP contribution in [0.2, 0.25) is 0 Å². The third kappa shape index (κ3) is 4.60. The zero-order chi connectivity index (χ0) is 21.2. The molecule has 10 heteroatoms. The molecule has 1 heterocycles. The van der Waals surface area contributed by atoms with Crippen LogP contribution in [0.4, 0.5) is 23.2 Å². The van der Waals surface area contributed by atoms with E-state index < -0.39 is 29.7 Å². The van der Waals surface area contributed by atoms with Crippen molar-refractivity contribution in [3.05, 3.63) is 64.8 Å². The number of hydrogen-bond acceptors (Lipinski definition) is 5. The molecule has 0 saturated heterocycles. The van der Waals surface area contributed by atoms with Gasteiger partial charge in [0, 0.05) is 11.8 Å². The van der Waals surface area contributed by atoms with Gasteiger partial charge in [0.05, 0.1) is 22.8 Å². The third-order valence-electron chi connectivity index (χ3n) is 3.82. The molecule has 29 heavy (non-hydrogen) atoms.